The highest BCUT2D eigenvalue weighted by atomic mass is 79.9. The van der Waals surface area contributed by atoms with Gasteiger partial charge in [0.25, 0.3) is 5.91 Å². The lowest BCUT2D eigenvalue weighted by Gasteiger charge is -2.04. The number of halogens is 2. The normalized spacial score (nSPS) is 11.1. The molecule has 27 heavy (non-hydrogen) atoms. The number of hydrazone groups is 1. The first-order valence-corrected chi connectivity index (χ1v) is 9.67. The Hall–Kier alpha value is -2.52. The first-order valence-electron chi connectivity index (χ1n) is 7.89. The monoisotopic (exact) mass is 447 g/mol. The summed E-state index contributed by atoms with van der Waals surface area (Å²) >= 11 is 4.68. The Kier molecular flexibility index (Phi) is 6.36. The van der Waals surface area contributed by atoms with Gasteiger partial charge in [0, 0.05) is 22.6 Å². The predicted molar refractivity (Wildman–Crippen MR) is 107 cm³/mol. The fourth-order valence-electron chi connectivity index (χ4n) is 2.24. The van der Waals surface area contributed by atoms with Crippen LogP contribution in [0.15, 0.2) is 63.3 Å². The number of hydrogen-bond donors (Lipinski definition) is 1. The highest BCUT2D eigenvalue weighted by Crippen LogP contribution is 2.24. The third kappa shape index (κ3) is 5.01. The van der Waals surface area contributed by atoms with E-state index in [4.69, 9.17) is 0 Å². The zero-order valence-electron chi connectivity index (χ0n) is 14.3. The van der Waals surface area contributed by atoms with Gasteiger partial charge in [-0.1, -0.05) is 58.0 Å². The lowest BCUT2D eigenvalue weighted by atomic mass is 10.2. The van der Waals surface area contributed by atoms with E-state index in [2.05, 4.69) is 36.7 Å². The summed E-state index contributed by atoms with van der Waals surface area (Å²) in [7, 11) is 1.84. The molecule has 0 radical (unpaired) electrons. The highest BCUT2D eigenvalue weighted by molar-refractivity contribution is 9.10. The fourth-order valence-corrected chi connectivity index (χ4v) is 3.34. The first-order chi connectivity index (χ1) is 13.0. The van der Waals surface area contributed by atoms with E-state index in [0.29, 0.717) is 16.5 Å². The van der Waals surface area contributed by atoms with Crippen molar-refractivity contribution in [1.82, 2.24) is 20.2 Å². The maximum Gasteiger partial charge on any atom is 0.250 e. The number of thioether (sulfide) groups is 1. The van der Waals surface area contributed by atoms with Crippen LogP contribution in [0, 0.1) is 5.82 Å². The molecule has 0 unspecified atom stereocenters. The molecular formula is C18H15BrFN5OS. The van der Waals surface area contributed by atoms with Crippen molar-refractivity contribution in [2.24, 2.45) is 12.1 Å². The quantitative estimate of drug-likeness (QED) is 0.355. The smallest absolute Gasteiger partial charge is 0.250 e. The molecule has 138 valence electrons. The molecule has 1 heterocycles. The van der Waals surface area contributed by atoms with E-state index >= 15 is 0 Å². The fraction of sp³-hybridized carbons (Fsp3) is 0.111. The molecule has 0 atom stereocenters. The summed E-state index contributed by atoms with van der Waals surface area (Å²) in [4.78, 5) is 11.9. The van der Waals surface area contributed by atoms with Crippen LogP contribution < -0.4 is 5.43 Å². The zero-order chi connectivity index (χ0) is 19.2. The van der Waals surface area contributed by atoms with Crippen LogP contribution in [0.2, 0.25) is 0 Å². The van der Waals surface area contributed by atoms with Crippen LogP contribution >= 0.6 is 27.7 Å². The number of rotatable bonds is 6. The molecule has 0 aliphatic heterocycles. The minimum absolute atomic E-state index is 0.110. The molecule has 6 nitrogen and oxygen atoms in total. The van der Waals surface area contributed by atoms with Gasteiger partial charge >= 0.3 is 0 Å². The molecule has 1 aromatic heterocycles. The Morgan fingerprint density at radius 1 is 1.30 bits per heavy atom. The summed E-state index contributed by atoms with van der Waals surface area (Å²) in [5.41, 5.74) is 3.60. The molecule has 0 saturated heterocycles. The van der Waals surface area contributed by atoms with Crippen molar-refractivity contribution in [2.45, 2.75) is 5.16 Å². The van der Waals surface area contributed by atoms with E-state index < -0.39 is 5.82 Å². The van der Waals surface area contributed by atoms with Crippen molar-refractivity contribution in [1.29, 1.82) is 0 Å². The summed E-state index contributed by atoms with van der Waals surface area (Å²) in [6.45, 7) is 0. The predicted octanol–water partition coefficient (Wildman–Crippen LogP) is 3.63. The van der Waals surface area contributed by atoms with Crippen LogP contribution in [0.3, 0.4) is 0 Å². The summed E-state index contributed by atoms with van der Waals surface area (Å²) in [5.74, 6) is 0.0967. The Morgan fingerprint density at radius 2 is 2.11 bits per heavy atom. The number of hydrogen-bond acceptors (Lipinski definition) is 5. The molecule has 0 fully saturated rings. The lowest BCUT2D eigenvalue weighted by molar-refractivity contribution is -0.118. The number of carbonyl (C=O) groups excluding carboxylic acids is 1. The molecule has 0 aliphatic rings. The van der Waals surface area contributed by atoms with Gasteiger partial charge in [-0.25, -0.2) is 9.82 Å². The largest absolute Gasteiger partial charge is 0.305 e. The molecule has 1 N–H and O–H groups in total. The highest BCUT2D eigenvalue weighted by Gasteiger charge is 2.13. The molecule has 1 amide bonds. The van der Waals surface area contributed by atoms with Crippen LogP contribution in [0.4, 0.5) is 4.39 Å². The minimum Gasteiger partial charge on any atom is -0.305 e. The number of nitrogens with zero attached hydrogens (tertiary/aromatic N) is 4. The zero-order valence-corrected chi connectivity index (χ0v) is 16.7. The number of aromatic nitrogens is 3. The van der Waals surface area contributed by atoms with Gasteiger partial charge in [-0.15, -0.1) is 10.2 Å². The third-order valence-electron chi connectivity index (χ3n) is 3.55. The molecule has 2 aromatic carbocycles. The summed E-state index contributed by atoms with van der Waals surface area (Å²) in [6, 6.07) is 13.9. The van der Waals surface area contributed by atoms with Crippen molar-refractivity contribution < 1.29 is 9.18 Å². The van der Waals surface area contributed by atoms with Crippen molar-refractivity contribution in [3.8, 4) is 11.4 Å². The second kappa shape index (κ2) is 8.92. The van der Waals surface area contributed by atoms with E-state index in [1.165, 1.54) is 24.0 Å². The lowest BCUT2D eigenvalue weighted by Crippen LogP contribution is -2.20. The topological polar surface area (TPSA) is 72.2 Å². The van der Waals surface area contributed by atoms with Gasteiger partial charge in [0.2, 0.25) is 0 Å². The molecule has 3 rings (SSSR count). The van der Waals surface area contributed by atoms with Crippen LogP contribution in [0.25, 0.3) is 11.4 Å². The maximum absolute atomic E-state index is 13.5. The third-order valence-corrected chi connectivity index (χ3v) is 5.06. The van der Waals surface area contributed by atoms with Gasteiger partial charge in [-0.2, -0.15) is 5.10 Å². The number of amides is 1. The Bertz CT molecular complexity index is 991. The Morgan fingerprint density at radius 3 is 2.89 bits per heavy atom. The summed E-state index contributed by atoms with van der Waals surface area (Å²) in [5, 5.41) is 12.7. The Labute approximate surface area is 168 Å². The van der Waals surface area contributed by atoms with Gasteiger partial charge in [-0.05, 0) is 18.2 Å². The van der Waals surface area contributed by atoms with E-state index in [1.807, 2.05) is 35.9 Å². The van der Waals surface area contributed by atoms with Crippen molar-refractivity contribution in [3.05, 3.63) is 64.4 Å². The number of benzene rings is 2. The second-order valence-electron chi connectivity index (χ2n) is 5.48. The van der Waals surface area contributed by atoms with Gasteiger partial charge in [0.05, 0.1) is 12.0 Å². The van der Waals surface area contributed by atoms with Crippen LogP contribution in [0.1, 0.15) is 5.56 Å². The van der Waals surface area contributed by atoms with Crippen LogP contribution in [0.5, 0.6) is 0 Å². The van der Waals surface area contributed by atoms with Gasteiger partial charge in [0.15, 0.2) is 11.0 Å². The maximum atomic E-state index is 13.5. The minimum atomic E-state index is -0.399. The standard InChI is InChI=1S/C18H15BrFN5OS/c1-25-17(12-6-4-7-14(19)9-12)23-24-18(25)27-11-16(26)22-21-10-13-5-2-3-8-15(13)20/h2-10H,11H2,1H3,(H,22,26)/b21-10-. The molecule has 9 heteroatoms. The van der Waals surface area contributed by atoms with Crippen molar-refractivity contribution in [2.75, 3.05) is 5.75 Å². The molecular weight excluding hydrogens is 433 g/mol. The van der Waals surface area contributed by atoms with Gasteiger partial charge in [-0.3, -0.25) is 4.79 Å². The average molecular weight is 448 g/mol. The van der Waals surface area contributed by atoms with E-state index in [1.54, 1.807) is 18.2 Å². The van der Waals surface area contributed by atoms with Crippen LogP contribution in [-0.2, 0) is 11.8 Å². The number of carbonyl (C=O) groups is 1. The SMILES string of the molecule is Cn1c(SCC(=O)N/N=C\c2ccccc2F)nnc1-c1cccc(Br)c1. The molecule has 0 saturated carbocycles. The van der Waals surface area contributed by atoms with Crippen molar-refractivity contribution >= 4 is 39.8 Å². The van der Waals surface area contributed by atoms with E-state index in [9.17, 15) is 9.18 Å². The van der Waals surface area contributed by atoms with Gasteiger partial charge in [0.1, 0.15) is 5.82 Å². The van der Waals surface area contributed by atoms with E-state index in [-0.39, 0.29) is 11.7 Å². The summed E-state index contributed by atoms with van der Waals surface area (Å²) in [6.07, 6.45) is 1.27. The van der Waals surface area contributed by atoms with Gasteiger partial charge < -0.3 is 4.57 Å². The summed E-state index contributed by atoms with van der Waals surface area (Å²) < 4.78 is 16.2. The molecule has 0 bridgehead atoms. The number of nitrogens with one attached hydrogen (secondary N) is 1. The molecule has 0 spiro atoms. The van der Waals surface area contributed by atoms with E-state index in [0.717, 1.165) is 10.0 Å². The first kappa shape index (κ1) is 19.2. The molecule has 3 aromatic rings. The van der Waals surface area contributed by atoms with Crippen molar-refractivity contribution in [3.63, 3.8) is 0 Å². The molecule has 0 aliphatic carbocycles. The average Bonchev–Trinajstić information content (AvgIpc) is 3.02. The Balaban J connectivity index is 1.57. The van der Waals surface area contributed by atoms with Crippen LogP contribution in [-0.4, -0.2) is 32.6 Å². The second-order valence-corrected chi connectivity index (χ2v) is 7.34.